The van der Waals surface area contributed by atoms with Crippen molar-refractivity contribution in [3.05, 3.63) is 0 Å². The van der Waals surface area contributed by atoms with Crippen LogP contribution in [0.3, 0.4) is 0 Å². The molecule has 4 N–H and O–H groups in total. The van der Waals surface area contributed by atoms with Gasteiger partial charge in [-0.05, 0) is 51.4 Å². The molecule has 4 amide bonds. The van der Waals surface area contributed by atoms with E-state index < -0.39 is 0 Å². The van der Waals surface area contributed by atoms with Crippen molar-refractivity contribution in [2.75, 3.05) is 68.5 Å². The maximum Gasteiger partial charge on any atom is 0.278 e. The van der Waals surface area contributed by atoms with Crippen LogP contribution in [0.5, 0.6) is 0 Å². The highest BCUT2D eigenvalue weighted by molar-refractivity contribution is 5.81. The summed E-state index contributed by atoms with van der Waals surface area (Å²) < 4.78 is 1.17. The van der Waals surface area contributed by atoms with Gasteiger partial charge in [0.15, 0.2) is 12.1 Å². The molecule has 0 saturated heterocycles. The molecule has 0 heterocycles. The number of unbranched alkanes of at least 4 members (excludes halogenated alkanes) is 21. The van der Waals surface area contributed by atoms with Crippen LogP contribution < -0.4 is 46.1 Å². The number of nitrogens with zero attached hydrogens (tertiary/aromatic N) is 2. The molecule has 0 saturated carbocycles. The standard InChI is InChI=1S/C48H96N6O4.2ClH/c1-9-11-13-15-17-19-21-23-27-37-45(55)49-39-33-29-35-43(53(3,4)5)47(57)51-41-31-25-26-32-42-52-48(58)44(54(6,7)8)36-30-34-40-50-46(56)38-28-24-22-20-18-16-14-12-10-2;;/h43-44H,9-42H2,1-8H3,(H2-2,49,50,51,52,55,56,57,58);2*1H/t43-,44-;;/m0../s1. The Hall–Kier alpha value is -1.62. The molecule has 0 aliphatic rings. The van der Waals surface area contributed by atoms with Crippen molar-refractivity contribution in [2.45, 2.75) is 219 Å². The highest BCUT2D eigenvalue weighted by atomic mass is 35.5. The number of likely N-dealkylation sites (N-methyl/N-ethyl adjacent to an activating group) is 2. The van der Waals surface area contributed by atoms with Crippen molar-refractivity contribution in [3.63, 3.8) is 0 Å². The average molecular weight is 894 g/mol. The Morgan fingerprint density at radius 1 is 0.350 bits per heavy atom. The minimum Gasteiger partial charge on any atom is -1.00 e. The molecule has 0 aliphatic heterocycles. The smallest absolute Gasteiger partial charge is 0.278 e. The molecule has 0 radical (unpaired) electrons. The van der Waals surface area contributed by atoms with Crippen LogP contribution >= 0.6 is 0 Å². The van der Waals surface area contributed by atoms with Crippen molar-refractivity contribution in [1.29, 1.82) is 0 Å². The second kappa shape index (κ2) is 41.4. The van der Waals surface area contributed by atoms with Gasteiger partial charge in [-0.15, -0.1) is 0 Å². The zero-order chi connectivity index (χ0) is 43.3. The van der Waals surface area contributed by atoms with E-state index in [9.17, 15) is 19.2 Å². The summed E-state index contributed by atoms with van der Waals surface area (Å²) in [4.78, 5) is 50.8. The van der Waals surface area contributed by atoms with Crippen LogP contribution in [0.1, 0.15) is 206 Å². The lowest BCUT2D eigenvalue weighted by atomic mass is 10.1. The van der Waals surface area contributed by atoms with Crippen molar-refractivity contribution >= 4 is 23.6 Å². The molecule has 0 fully saturated rings. The third kappa shape index (κ3) is 38.1. The largest absolute Gasteiger partial charge is 1.00 e. The lowest BCUT2D eigenvalue weighted by Gasteiger charge is -2.33. The molecule has 0 aromatic carbocycles. The maximum atomic E-state index is 13.1. The summed E-state index contributed by atoms with van der Waals surface area (Å²) in [5, 5.41) is 12.5. The molecule has 0 unspecified atom stereocenters. The predicted molar refractivity (Wildman–Crippen MR) is 246 cm³/mol. The molecule has 0 aromatic rings. The van der Waals surface area contributed by atoms with E-state index in [0.717, 1.165) is 89.9 Å². The van der Waals surface area contributed by atoms with E-state index >= 15 is 0 Å². The molecule has 60 heavy (non-hydrogen) atoms. The van der Waals surface area contributed by atoms with Gasteiger partial charge < -0.3 is 55.0 Å². The summed E-state index contributed by atoms with van der Waals surface area (Å²) in [6, 6.07) is -0.231. The molecule has 0 rings (SSSR count). The van der Waals surface area contributed by atoms with E-state index in [0.29, 0.717) is 48.0 Å². The maximum absolute atomic E-state index is 13.1. The molecular weight excluding hydrogens is 795 g/mol. The first-order chi connectivity index (χ1) is 27.7. The Bertz CT molecular complexity index is 957. The number of quaternary nitrogens is 2. The van der Waals surface area contributed by atoms with Crippen molar-refractivity contribution in [1.82, 2.24) is 21.3 Å². The van der Waals surface area contributed by atoms with Gasteiger partial charge >= 0.3 is 0 Å². The van der Waals surface area contributed by atoms with E-state index in [1.54, 1.807) is 0 Å². The molecule has 10 nitrogen and oxygen atoms in total. The van der Waals surface area contributed by atoms with Crippen LogP contribution in [0.15, 0.2) is 0 Å². The minimum absolute atomic E-state index is 0. The highest BCUT2D eigenvalue weighted by Crippen LogP contribution is 2.15. The molecule has 2 atom stereocenters. The Kier molecular flexibility index (Phi) is 43.2. The van der Waals surface area contributed by atoms with Gasteiger partial charge in [-0.25, -0.2) is 0 Å². The van der Waals surface area contributed by atoms with Gasteiger partial charge in [-0.3, -0.25) is 19.2 Å². The summed E-state index contributed by atoms with van der Waals surface area (Å²) in [6.45, 7) is 7.19. The second-order valence-electron chi connectivity index (χ2n) is 19.1. The Morgan fingerprint density at radius 3 is 0.900 bits per heavy atom. The second-order valence-corrected chi connectivity index (χ2v) is 19.1. The number of carbonyl (C=O) groups excluding carboxylic acids is 4. The van der Waals surface area contributed by atoms with E-state index in [1.807, 2.05) is 0 Å². The summed E-state index contributed by atoms with van der Waals surface area (Å²) in [6.07, 6.45) is 32.9. The fraction of sp³-hybridized carbons (Fsp3) is 0.917. The van der Waals surface area contributed by atoms with Crippen molar-refractivity contribution < 1.29 is 53.0 Å². The van der Waals surface area contributed by atoms with Crippen LogP contribution in [0.25, 0.3) is 0 Å². The highest BCUT2D eigenvalue weighted by Gasteiger charge is 2.31. The van der Waals surface area contributed by atoms with Gasteiger partial charge in [-0.1, -0.05) is 129 Å². The van der Waals surface area contributed by atoms with E-state index in [-0.39, 0.29) is 60.5 Å². The quantitative estimate of drug-likeness (QED) is 0.0558. The first-order valence-corrected chi connectivity index (χ1v) is 24.4. The molecule has 0 aliphatic carbocycles. The molecule has 12 heteroatoms. The molecule has 0 spiro atoms. The normalized spacial score (nSPS) is 12.5. The molecule has 358 valence electrons. The van der Waals surface area contributed by atoms with E-state index in [1.165, 1.54) is 89.9 Å². The van der Waals surface area contributed by atoms with E-state index in [2.05, 4.69) is 77.4 Å². The van der Waals surface area contributed by atoms with Crippen LogP contribution in [-0.2, 0) is 19.2 Å². The number of rotatable bonds is 41. The number of halogens is 2. The van der Waals surface area contributed by atoms with Gasteiger partial charge in [-0.2, -0.15) is 0 Å². The van der Waals surface area contributed by atoms with E-state index in [4.69, 9.17) is 0 Å². The predicted octanol–water partition coefficient (Wildman–Crippen LogP) is 3.35. The molecular formula is C48H98Cl2N6O4. The van der Waals surface area contributed by atoms with Crippen LogP contribution in [0.4, 0.5) is 0 Å². The Morgan fingerprint density at radius 2 is 0.600 bits per heavy atom. The molecule has 0 aromatic heterocycles. The number of nitrogens with one attached hydrogen (secondary N) is 4. The monoisotopic (exact) mass is 893 g/mol. The topological polar surface area (TPSA) is 116 Å². The summed E-state index contributed by atoms with van der Waals surface area (Å²) in [5.74, 6) is 0.529. The molecule has 0 bridgehead atoms. The first kappa shape index (κ1) is 62.7. The van der Waals surface area contributed by atoms with Crippen molar-refractivity contribution in [3.8, 4) is 0 Å². The lowest BCUT2D eigenvalue weighted by Crippen LogP contribution is -3.00. The van der Waals surface area contributed by atoms with Crippen molar-refractivity contribution in [2.24, 2.45) is 0 Å². The summed E-state index contributed by atoms with van der Waals surface area (Å²) in [7, 11) is 12.5. The first-order valence-electron chi connectivity index (χ1n) is 24.4. The Balaban J connectivity index is -0.0000162. The average Bonchev–Trinajstić information content (AvgIpc) is 3.16. The fourth-order valence-electron chi connectivity index (χ4n) is 7.75. The summed E-state index contributed by atoms with van der Waals surface area (Å²) in [5.41, 5.74) is 0. The third-order valence-electron chi connectivity index (χ3n) is 11.6. The SMILES string of the molecule is CCCCCCCCCCCC(=O)NCCCC[C@@H](C(=O)NCCCCCCNC(=O)[C@H](CCCCNC(=O)CCCCCCCCCCC)[N+](C)(C)C)[N+](C)(C)C.[Cl-].[Cl-]. The third-order valence-corrected chi connectivity index (χ3v) is 11.6. The Labute approximate surface area is 383 Å². The van der Waals surface area contributed by atoms with Gasteiger partial charge in [0, 0.05) is 51.9 Å². The van der Waals surface area contributed by atoms with Crippen LogP contribution in [0.2, 0.25) is 0 Å². The zero-order valence-corrected chi connectivity index (χ0v) is 42.0. The van der Waals surface area contributed by atoms with Gasteiger partial charge in [0.05, 0.1) is 42.3 Å². The minimum atomic E-state index is -0.116. The fourth-order valence-corrected chi connectivity index (χ4v) is 7.75. The van der Waals surface area contributed by atoms with Gasteiger partial charge in [0.2, 0.25) is 11.8 Å². The summed E-state index contributed by atoms with van der Waals surface area (Å²) >= 11 is 0. The zero-order valence-electron chi connectivity index (χ0n) is 40.5. The lowest BCUT2D eigenvalue weighted by molar-refractivity contribution is -0.886. The number of amides is 4. The van der Waals surface area contributed by atoms with Crippen LogP contribution in [0, 0.1) is 0 Å². The van der Waals surface area contributed by atoms with Gasteiger partial charge in [0.25, 0.3) is 11.8 Å². The van der Waals surface area contributed by atoms with Gasteiger partial charge in [0.1, 0.15) is 0 Å². The number of carbonyl (C=O) groups is 4. The van der Waals surface area contributed by atoms with Crippen LogP contribution in [-0.4, -0.2) is 113 Å². The number of hydrogen-bond acceptors (Lipinski definition) is 4. The number of hydrogen-bond donors (Lipinski definition) is 4.